The number of rotatable bonds is 7. The molecule has 0 aliphatic rings. The molecular formula is C21H20ClFN2O5. The van der Waals surface area contributed by atoms with Gasteiger partial charge in [-0.3, -0.25) is 4.79 Å². The van der Waals surface area contributed by atoms with Crippen LogP contribution in [0.1, 0.15) is 21.7 Å². The zero-order chi connectivity index (χ0) is 21.8. The summed E-state index contributed by atoms with van der Waals surface area (Å²) in [6.45, 7) is 1.71. The van der Waals surface area contributed by atoms with Crippen molar-refractivity contribution in [3.05, 3.63) is 58.1 Å². The van der Waals surface area contributed by atoms with E-state index in [-0.39, 0.29) is 34.1 Å². The van der Waals surface area contributed by atoms with Crippen molar-refractivity contribution >= 4 is 17.5 Å². The molecule has 0 atom stereocenters. The highest BCUT2D eigenvalue weighted by Gasteiger charge is 2.25. The third kappa shape index (κ3) is 4.04. The number of nitrogens with one attached hydrogen (secondary N) is 1. The highest BCUT2D eigenvalue weighted by Crippen LogP contribution is 2.38. The average Bonchev–Trinajstić information content (AvgIpc) is 3.11. The molecule has 30 heavy (non-hydrogen) atoms. The van der Waals surface area contributed by atoms with Gasteiger partial charge >= 0.3 is 0 Å². The molecule has 0 bridgehead atoms. The fourth-order valence-electron chi connectivity index (χ4n) is 3.04. The van der Waals surface area contributed by atoms with Gasteiger partial charge in [0, 0.05) is 6.54 Å². The van der Waals surface area contributed by atoms with Crippen LogP contribution in [-0.4, -0.2) is 32.4 Å². The van der Waals surface area contributed by atoms with E-state index < -0.39 is 11.7 Å². The second kappa shape index (κ2) is 9.04. The number of halogens is 2. The van der Waals surface area contributed by atoms with Gasteiger partial charge in [0.25, 0.3) is 5.91 Å². The van der Waals surface area contributed by atoms with Gasteiger partial charge in [-0.1, -0.05) is 22.8 Å². The molecule has 7 nitrogen and oxygen atoms in total. The van der Waals surface area contributed by atoms with Gasteiger partial charge in [0.05, 0.1) is 31.9 Å². The molecule has 1 amide bonds. The molecular weight excluding hydrogens is 415 g/mol. The first-order chi connectivity index (χ1) is 14.4. The van der Waals surface area contributed by atoms with E-state index in [9.17, 15) is 9.18 Å². The molecule has 1 N–H and O–H groups in total. The van der Waals surface area contributed by atoms with Gasteiger partial charge in [-0.2, -0.15) is 0 Å². The van der Waals surface area contributed by atoms with E-state index in [0.717, 1.165) is 0 Å². The molecule has 3 aromatic rings. The first-order valence-electron chi connectivity index (χ1n) is 8.89. The SMILES string of the molecule is COc1cc(CNC(=O)c2c(-c3c(F)cccc3Cl)noc2C)cc(OC)c1OC. The molecule has 0 radical (unpaired) electrons. The van der Waals surface area contributed by atoms with Crippen LogP contribution in [0.4, 0.5) is 4.39 Å². The third-order valence-electron chi connectivity index (χ3n) is 4.47. The summed E-state index contributed by atoms with van der Waals surface area (Å²) in [6.07, 6.45) is 0. The van der Waals surface area contributed by atoms with Gasteiger partial charge in [0.1, 0.15) is 22.8 Å². The maximum Gasteiger partial charge on any atom is 0.257 e. The lowest BCUT2D eigenvalue weighted by Gasteiger charge is -2.14. The molecule has 0 saturated heterocycles. The smallest absolute Gasteiger partial charge is 0.257 e. The fraction of sp³-hybridized carbons (Fsp3) is 0.238. The highest BCUT2D eigenvalue weighted by molar-refractivity contribution is 6.33. The first kappa shape index (κ1) is 21.4. The lowest BCUT2D eigenvalue weighted by molar-refractivity contribution is 0.0950. The van der Waals surface area contributed by atoms with Crippen LogP contribution in [-0.2, 0) is 6.54 Å². The second-order valence-corrected chi connectivity index (χ2v) is 6.68. The van der Waals surface area contributed by atoms with Crippen LogP contribution in [0.15, 0.2) is 34.9 Å². The predicted molar refractivity (Wildman–Crippen MR) is 109 cm³/mol. The number of methoxy groups -OCH3 is 3. The molecule has 9 heteroatoms. The molecule has 0 spiro atoms. The van der Waals surface area contributed by atoms with Crippen LogP contribution >= 0.6 is 11.6 Å². The Balaban J connectivity index is 1.89. The number of benzene rings is 2. The van der Waals surface area contributed by atoms with Gasteiger partial charge in [-0.05, 0) is 36.8 Å². The molecule has 3 rings (SSSR count). The lowest BCUT2D eigenvalue weighted by atomic mass is 10.0. The Hall–Kier alpha value is -3.26. The number of ether oxygens (including phenoxy) is 3. The minimum absolute atomic E-state index is 0.00829. The van der Waals surface area contributed by atoms with E-state index in [4.69, 9.17) is 30.3 Å². The molecule has 0 saturated carbocycles. The second-order valence-electron chi connectivity index (χ2n) is 6.28. The quantitative estimate of drug-likeness (QED) is 0.593. The van der Waals surface area contributed by atoms with E-state index in [1.807, 2.05) is 0 Å². The topological polar surface area (TPSA) is 82.8 Å². The van der Waals surface area contributed by atoms with Crippen LogP contribution < -0.4 is 19.5 Å². The van der Waals surface area contributed by atoms with E-state index in [2.05, 4.69) is 10.5 Å². The van der Waals surface area contributed by atoms with Crippen molar-refractivity contribution in [1.29, 1.82) is 0 Å². The summed E-state index contributed by atoms with van der Waals surface area (Å²) in [5.74, 6) is 0.515. The fourth-order valence-corrected chi connectivity index (χ4v) is 3.29. The van der Waals surface area contributed by atoms with Crippen molar-refractivity contribution in [3.8, 4) is 28.5 Å². The normalized spacial score (nSPS) is 10.6. The molecule has 0 unspecified atom stereocenters. The monoisotopic (exact) mass is 434 g/mol. The number of carbonyl (C=O) groups is 1. The number of carbonyl (C=O) groups excluding carboxylic acids is 1. The van der Waals surface area contributed by atoms with Crippen LogP contribution in [0.3, 0.4) is 0 Å². The number of nitrogens with zero attached hydrogens (tertiary/aromatic N) is 1. The molecule has 2 aromatic carbocycles. The molecule has 0 aliphatic heterocycles. The predicted octanol–water partition coefficient (Wildman–Crippen LogP) is 4.40. The van der Waals surface area contributed by atoms with Gasteiger partial charge in [0.2, 0.25) is 5.75 Å². The van der Waals surface area contributed by atoms with Crippen molar-refractivity contribution in [2.45, 2.75) is 13.5 Å². The lowest BCUT2D eigenvalue weighted by Crippen LogP contribution is -2.24. The van der Waals surface area contributed by atoms with Gasteiger partial charge in [-0.15, -0.1) is 0 Å². The van der Waals surface area contributed by atoms with Crippen LogP contribution in [0, 0.1) is 12.7 Å². The Kier molecular flexibility index (Phi) is 6.47. The standard InChI is InChI=1S/C21H20ClFN2O5/c1-11-17(19(25-30-11)18-13(22)6-5-7-14(18)23)21(26)24-10-12-8-15(27-2)20(29-4)16(9-12)28-3/h5-9H,10H2,1-4H3,(H,24,26). The summed E-state index contributed by atoms with van der Waals surface area (Å²) >= 11 is 6.13. The van der Waals surface area contributed by atoms with Gasteiger partial charge in [0.15, 0.2) is 11.5 Å². The number of aromatic nitrogens is 1. The zero-order valence-corrected chi connectivity index (χ0v) is 17.6. The summed E-state index contributed by atoms with van der Waals surface area (Å²) in [7, 11) is 4.51. The molecule has 1 heterocycles. The van der Waals surface area contributed by atoms with E-state index in [0.29, 0.717) is 22.8 Å². The summed E-state index contributed by atoms with van der Waals surface area (Å²) in [6, 6.07) is 7.66. The van der Waals surface area contributed by atoms with Crippen molar-refractivity contribution in [1.82, 2.24) is 10.5 Å². The molecule has 0 fully saturated rings. The zero-order valence-electron chi connectivity index (χ0n) is 16.8. The molecule has 158 valence electrons. The number of amides is 1. The summed E-state index contributed by atoms with van der Waals surface area (Å²) in [5.41, 5.74) is 0.860. The van der Waals surface area contributed by atoms with Crippen LogP contribution in [0.25, 0.3) is 11.3 Å². The molecule has 0 aliphatic carbocycles. The van der Waals surface area contributed by atoms with Crippen molar-refractivity contribution in [2.75, 3.05) is 21.3 Å². The Bertz CT molecular complexity index is 1040. The number of hydrogen-bond acceptors (Lipinski definition) is 6. The summed E-state index contributed by atoms with van der Waals surface area (Å²) < 4.78 is 35.4. The van der Waals surface area contributed by atoms with Gasteiger partial charge < -0.3 is 24.1 Å². The van der Waals surface area contributed by atoms with E-state index in [1.165, 1.54) is 39.5 Å². The molecule has 1 aromatic heterocycles. The van der Waals surface area contributed by atoms with Crippen LogP contribution in [0.2, 0.25) is 5.02 Å². The Morgan fingerprint density at radius 1 is 1.17 bits per heavy atom. The van der Waals surface area contributed by atoms with Crippen molar-refractivity contribution in [3.63, 3.8) is 0 Å². The van der Waals surface area contributed by atoms with Crippen LogP contribution in [0.5, 0.6) is 17.2 Å². The van der Waals surface area contributed by atoms with Crippen molar-refractivity contribution < 1.29 is 27.9 Å². The Morgan fingerprint density at radius 2 is 1.83 bits per heavy atom. The maximum atomic E-state index is 14.3. The van der Waals surface area contributed by atoms with Gasteiger partial charge in [-0.25, -0.2) is 4.39 Å². The Morgan fingerprint density at radius 3 is 2.40 bits per heavy atom. The van der Waals surface area contributed by atoms with E-state index >= 15 is 0 Å². The first-order valence-corrected chi connectivity index (χ1v) is 9.26. The van der Waals surface area contributed by atoms with E-state index in [1.54, 1.807) is 19.1 Å². The average molecular weight is 435 g/mol. The Labute approximate surface area is 177 Å². The third-order valence-corrected chi connectivity index (χ3v) is 4.78. The largest absolute Gasteiger partial charge is 0.493 e. The summed E-state index contributed by atoms with van der Waals surface area (Å²) in [4.78, 5) is 12.9. The highest BCUT2D eigenvalue weighted by atomic mass is 35.5. The number of aryl methyl sites for hydroxylation is 1. The summed E-state index contributed by atoms with van der Waals surface area (Å²) in [5, 5.41) is 6.75. The minimum Gasteiger partial charge on any atom is -0.493 e. The van der Waals surface area contributed by atoms with Crippen molar-refractivity contribution in [2.24, 2.45) is 0 Å². The maximum absolute atomic E-state index is 14.3. The minimum atomic E-state index is -0.602. The number of hydrogen-bond donors (Lipinski definition) is 1.